The predicted octanol–water partition coefficient (Wildman–Crippen LogP) is -9.01. The van der Waals surface area contributed by atoms with E-state index in [4.69, 9.17) is 33.3 Å². The molecule has 29 heteroatoms. The Morgan fingerprint density at radius 3 is 1.57 bits per heavy atom. The van der Waals surface area contributed by atoms with Crippen LogP contribution in [0.5, 0.6) is 0 Å². The number of ether oxygens (including phenoxy) is 6. The summed E-state index contributed by atoms with van der Waals surface area (Å²) in [7, 11) is 0. The first kappa shape index (κ1) is 57.9. The van der Waals surface area contributed by atoms with Gasteiger partial charge in [0.2, 0.25) is 17.7 Å². The second-order valence-electron chi connectivity index (χ2n) is 16.8. The average Bonchev–Trinajstić information content (AvgIpc) is 3.63. The first-order chi connectivity index (χ1) is 32.8. The lowest BCUT2D eigenvalue weighted by atomic mass is 9.99. The summed E-state index contributed by atoms with van der Waals surface area (Å²) in [6.07, 6.45) is -22.1. The van der Waals surface area contributed by atoms with Gasteiger partial charge in [0.15, 0.2) is 18.9 Å². The van der Waals surface area contributed by atoms with Crippen molar-refractivity contribution in [2.24, 2.45) is 0 Å². The van der Waals surface area contributed by atoms with Crippen LogP contribution in [0.1, 0.15) is 45.4 Å². The molecule has 396 valence electrons. The second-order valence-corrected chi connectivity index (χ2v) is 16.8. The summed E-state index contributed by atoms with van der Waals surface area (Å²) in [5, 5.41) is 117. The minimum Gasteiger partial charge on any atom is -0.394 e. The number of unbranched alkanes of at least 4 members (excludes halogenated alkanes) is 2. The summed E-state index contributed by atoms with van der Waals surface area (Å²) in [6.45, 7) is -3.58. The molecule has 69 heavy (non-hydrogen) atoms. The van der Waals surface area contributed by atoms with Crippen LogP contribution < -0.4 is 10.6 Å². The van der Waals surface area contributed by atoms with E-state index < -0.39 is 174 Å². The molecule has 0 aromatic rings. The number of hydroxylamine groups is 2. The highest BCUT2D eigenvalue weighted by molar-refractivity contribution is 6.01. The van der Waals surface area contributed by atoms with Gasteiger partial charge >= 0.3 is 5.97 Å². The molecule has 0 radical (unpaired) electrons. The minimum atomic E-state index is -1.78. The molecule has 0 saturated carbocycles. The fourth-order valence-corrected chi connectivity index (χ4v) is 7.43. The molecular weight excluding hydrogens is 934 g/mol. The Bertz CT molecular complexity index is 1610. The molecule has 0 unspecified atom stereocenters. The summed E-state index contributed by atoms with van der Waals surface area (Å²) >= 11 is 0. The van der Waals surface area contributed by atoms with Crippen molar-refractivity contribution in [1.82, 2.24) is 25.5 Å². The number of aliphatic hydroxyl groups excluding tert-OH is 11. The third-order valence-corrected chi connectivity index (χ3v) is 11.5. The number of hydrogen-bond acceptors (Lipinski definition) is 25. The van der Waals surface area contributed by atoms with Crippen molar-refractivity contribution in [3.63, 3.8) is 0 Å². The van der Waals surface area contributed by atoms with Crippen LogP contribution in [-0.4, -0.2) is 278 Å². The van der Waals surface area contributed by atoms with E-state index in [1.165, 1.54) is 11.8 Å². The van der Waals surface area contributed by atoms with Gasteiger partial charge in [-0.2, -0.15) is 0 Å². The molecule has 29 nitrogen and oxygen atoms in total. The smallest absolute Gasteiger partial charge is 0.333 e. The molecule has 4 fully saturated rings. The van der Waals surface area contributed by atoms with Gasteiger partial charge in [0, 0.05) is 45.4 Å². The van der Waals surface area contributed by atoms with Crippen LogP contribution in [0.2, 0.25) is 0 Å². The summed E-state index contributed by atoms with van der Waals surface area (Å²) in [5.74, 6) is -4.10. The quantitative estimate of drug-likeness (QED) is 0.0268. The van der Waals surface area contributed by atoms with Crippen LogP contribution in [-0.2, 0) is 62.0 Å². The van der Waals surface area contributed by atoms with E-state index >= 15 is 0 Å². The highest BCUT2D eigenvalue weighted by atomic mass is 16.7. The molecule has 15 atom stereocenters. The molecule has 0 aromatic carbocycles. The molecule has 0 bridgehead atoms. The van der Waals surface area contributed by atoms with E-state index in [0.29, 0.717) is 24.3 Å². The number of hydrogen-bond donors (Lipinski definition) is 13. The monoisotopic (exact) mass is 1000 g/mol. The third-order valence-electron chi connectivity index (χ3n) is 11.5. The Morgan fingerprint density at radius 1 is 0.594 bits per heavy atom. The molecule has 13 N–H and O–H groups in total. The normalized spacial score (nSPS) is 32.8. The molecule has 0 spiro atoms. The van der Waals surface area contributed by atoms with Gasteiger partial charge in [-0.1, -0.05) is 6.42 Å². The van der Waals surface area contributed by atoms with Gasteiger partial charge in [-0.25, -0.2) is 4.79 Å². The van der Waals surface area contributed by atoms with Gasteiger partial charge in [-0.05, 0) is 19.8 Å². The van der Waals surface area contributed by atoms with Gasteiger partial charge in [-0.15, -0.1) is 5.06 Å². The van der Waals surface area contributed by atoms with Gasteiger partial charge < -0.3 is 105 Å². The fourth-order valence-electron chi connectivity index (χ4n) is 7.43. The van der Waals surface area contributed by atoms with Crippen molar-refractivity contribution in [1.29, 1.82) is 0 Å². The van der Waals surface area contributed by atoms with E-state index in [0.717, 1.165) is 4.90 Å². The molecule has 4 saturated heterocycles. The number of carbonyl (C=O) groups excluding carboxylic acids is 6. The van der Waals surface area contributed by atoms with Crippen molar-refractivity contribution < 1.29 is 118 Å². The van der Waals surface area contributed by atoms with E-state index in [1.807, 2.05) is 0 Å². The highest BCUT2D eigenvalue weighted by Gasteiger charge is 2.46. The lowest BCUT2D eigenvalue weighted by Gasteiger charge is -2.40. The molecule has 5 amide bonds. The maximum absolute atomic E-state index is 14.0. The van der Waals surface area contributed by atoms with Crippen molar-refractivity contribution in [2.45, 2.75) is 138 Å². The lowest BCUT2D eigenvalue weighted by Crippen LogP contribution is -2.59. The van der Waals surface area contributed by atoms with Gasteiger partial charge in [0.25, 0.3) is 11.8 Å². The Balaban J connectivity index is 1.39. The molecule has 0 aliphatic carbocycles. The van der Waals surface area contributed by atoms with E-state index in [2.05, 4.69) is 10.6 Å². The molecule has 4 heterocycles. The summed E-state index contributed by atoms with van der Waals surface area (Å²) < 4.78 is 32.7. The Morgan fingerprint density at radius 2 is 1.06 bits per heavy atom. The van der Waals surface area contributed by atoms with Crippen LogP contribution in [0, 0.1) is 0 Å². The first-order valence-corrected chi connectivity index (χ1v) is 22.5. The van der Waals surface area contributed by atoms with Crippen LogP contribution in [0.3, 0.4) is 0 Å². The SMILES string of the molecule is C[C@@H]1O[C@@H](OCCNC(=O)CN(CC(=O)NCCCCCC(=O)ON2C(=O)CCC2=O)CC(=O)N(CCO[C@H]2O[C@H](CO)[C@@H](O)[C@H](O)[C@@H]2O)CCO[C@H]2O[C@H](CO)[C@@H](O)[C@H](O)[C@@H]2O)[C@@H](O)[C@H](O)[C@@H]1O. The maximum atomic E-state index is 14.0. The molecule has 0 aromatic heterocycles. The Hall–Kier alpha value is -3.70. The van der Waals surface area contributed by atoms with Crippen LogP contribution >= 0.6 is 0 Å². The topological polar surface area (TPSA) is 423 Å². The summed E-state index contributed by atoms with van der Waals surface area (Å²) in [4.78, 5) is 83.1. The van der Waals surface area contributed by atoms with E-state index in [1.54, 1.807) is 0 Å². The number of nitrogens with zero attached hydrogens (tertiary/aromatic N) is 3. The van der Waals surface area contributed by atoms with Crippen molar-refractivity contribution >= 4 is 35.5 Å². The first-order valence-electron chi connectivity index (χ1n) is 22.5. The number of rotatable bonds is 27. The third kappa shape index (κ3) is 17.0. The van der Waals surface area contributed by atoms with Crippen LogP contribution in [0.25, 0.3) is 0 Å². The molecule has 4 aliphatic rings. The van der Waals surface area contributed by atoms with Crippen molar-refractivity contribution in [2.75, 3.05) is 78.8 Å². The van der Waals surface area contributed by atoms with Crippen molar-refractivity contribution in [3.05, 3.63) is 0 Å². The average molecular weight is 1000 g/mol. The minimum absolute atomic E-state index is 0.0524. The van der Waals surface area contributed by atoms with Gasteiger partial charge in [-0.3, -0.25) is 28.9 Å². The zero-order valence-electron chi connectivity index (χ0n) is 38.0. The predicted molar refractivity (Wildman–Crippen MR) is 222 cm³/mol. The lowest BCUT2D eigenvalue weighted by molar-refractivity contribution is -0.303. The Labute approximate surface area is 395 Å². The zero-order chi connectivity index (χ0) is 50.9. The van der Waals surface area contributed by atoms with Gasteiger partial charge in [0.05, 0.1) is 58.8 Å². The van der Waals surface area contributed by atoms with Crippen molar-refractivity contribution in [3.8, 4) is 0 Å². The highest BCUT2D eigenvalue weighted by Crippen LogP contribution is 2.24. The molecular formula is C40H67N5O24. The van der Waals surface area contributed by atoms with E-state index in [-0.39, 0.29) is 52.0 Å². The number of aliphatic hydroxyl groups is 11. The number of nitrogens with one attached hydrogen (secondary N) is 2. The number of carbonyl (C=O) groups is 6. The Kier molecular flexibility index (Phi) is 23.8. The molecule has 4 rings (SSSR count). The fraction of sp³-hybridized carbons (Fsp3) is 0.850. The van der Waals surface area contributed by atoms with E-state index in [9.17, 15) is 84.9 Å². The largest absolute Gasteiger partial charge is 0.394 e. The summed E-state index contributed by atoms with van der Waals surface area (Å²) in [5.41, 5.74) is 0. The number of imide groups is 1. The maximum Gasteiger partial charge on any atom is 0.333 e. The second kappa shape index (κ2) is 28.4. The zero-order valence-corrected chi connectivity index (χ0v) is 38.0. The van der Waals surface area contributed by atoms with Crippen LogP contribution in [0.4, 0.5) is 0 Å². The standard InChI is InChI=1S/C40H67N5O24/c1-20-29(54)32(57)35(60)38(66-20)63-12-9-42-24(49)16-43(15-23(48)41-8-4-2-3-5-28(53)69-45-25(50)6-7-26(45)51)17-27(52)44(10-13-64-39-36(61)33(58)30(55)21(18-46)67-39)11-14-65-40-37(62)34(59)31(56)22(19-47)68-40/h20-22,29-40,46-47,54-62H,2-19H2,1H3,(H,41,48)(H,42,49)/t20-,21+,22+,29+,30+,31+,32+,33-,34-,35-,36-,37-,38+,39-,40-/m0/s1. The summed E-state index contributed by atoms with van der Waals surface area (Å²) in [6, 6.07) is 0. The van der Waals surface area contributed by atoms with Crippen LogP contribution in [0.15, 0.2) is 0 Å². The van der Waals surface area contributed by atoms with Gasteiger partial charge in [0.1, 0.15) is 67.1 Å². The molecule has 4 aliphatic heterocycles. The number of amides is 5.